The molecule has 4 saturated carbocycles. The highest BCUT2D eigenvalue weighted by Gasteiger charge is 2.49. The van der Waals surface area contributed by atoms with Crippen molar-refractivity contribution < 1.29 is 23.9 Å². The summed E-state index contributed by atoms with van der Waals surface area (Å²) in [5.41, 5.74) is 1.96. The number of ether oxygens (including phenoxy) is 1. The van der Waals surface area contributed by atoms with Crippen molar-refractivity contribution in [3.63, 3.8) is 0 Å². The molecular formula is C28H30N4O5S. The first kappa shape index (κ1) is 24.0. The van der Waals surface area contributed by atoms with Gasteiger partial charge in [-0.1, -0.05) is 6.07 Å². The third kappa shape index (κ3) is 4.05. The Morgan fingerprint density at radius 2 is 1.79 bits per heavy atom. The van der Waals surface area contributed by atoms with Crippen LogP contribution in [0, 0.1) is 23.7 Å². The summed E-state index contributed by atoms with van der Waals surface area (Å²) in [7, 11) is 0. The van der Waals surface area contributed by atoms with Crippen LogP contribution in [0.2, 0.25) is 0 Å². The van der Waals surface area contributed by atoms with Crippen molar-refractivity contribution in [1.29, 1.82) is 0 Å². The summed E-state index contributed by atoms with van der Waals surface area (Å²) in [6.07, 6.45) is 7.33. The first-order valence-corrected chi connectivity index (χ1v) is 14.5. The van der Waals surface area contributed by atoms with E-state index in [4.69, 9.17) is 9.72 Å². The minimum atomic E-state index is -0.982. The fourth-order valence-corrected chi connectivity index (χ4v) is 8.38. The number of carbonyl (C=O) groups excluding carboxylic acids is 4. The Hall–Kier alpha value is -3.11. The minimum Gasteiger partial charge on any atom is -0.378 e. The van der Waals surface area contributed by atoms with Gasteiger partial charge in [0.1, 0.15) is 11.0 Å². The van der Waals surface area contributed by atoms with E-state index in [0.717, 1.165) is 27.4 Å². The molecule has 2 aliphatic heterocycles. The number of carbonyl (C=O) groups is 4. The molecule has 198 valence electrons. The lowest BCUT2D eigenvalue weighted by Gasteiger charge is -2.53. The van der Waals surface area contributed by atoms with Gasteiger partial charge >= 0.3 is 0 Å². The largest absolute Gasteiger partial charge is 0.378 e. The van der Waals surface area contributed by atoms with Gasteiger partial charge in [0, 0.05) is 17.5 Å². The molecule has 2 aromatic rings. The Morgan fingerprint density at radius 3 is 2.53 bits per heavy atom. The molecule has 0 radical (unpaired) electrons. The van der Waals surface area contributed by atoms with E-state index in [1.807, 2.05) is 5.38 Å². The maximum atomic E-state index is 13.3. The molecule has 4 bridgehead atoms. The lowest BCUT2D eigenvalue weighted by Crippen LogP contribution is -2.54. The van der Waals surface area contributed by atoms with Crippen LogP contribution in [0.1, 0.15) is 76.4 Å². The van der Waals surface area contributed by atoms with Crippen molar-refractivity contribution in [2.45, 2.75) is 70.2 Å². The maximum Gasteiger partial charge on any atom is 0.264 e. The van der Waals surface area contributed by atoms with E-state index in [-0.39, 0.29) is 24.0 Å². The monoisotopic (exact) mass is 534 g/mol. The fraction of sp³-hybridized carbons (Fsp3) is 0.536. The first-order chi connectivity index (χ1) is 18.4. The number of rotatable bonds is 7. The third-order valence-corrected chi connectivity index (χ3v) is 9.96. The molecule has 1 saturated heterocycles. The van der Waals surface area contributed by atoms with Crippen molar-refractivity contribution in [1.82, 2.24) is 15.2 Å². The SMILES string of the molecule is O=C1CCC(N2C(=O)c3cccc(NCc4nc(COC5C6CC7CC(C6)CC5C7)cs4)c3C2=O)C(=O)N1. The number of aromatic nitrogens is 1. The number of hydrogen-bond acceptors (Lipinski definition) is 8. The minimum absolute atomic E-state index is 0.0914. The second-order valence-corrected chi connectivity index (χ2v) is 12.4. The van der Waals surface area contributed by atoms with E-state index in [1.54, 1.807) is 29.5 Å². The van der Waals surface area contributed by atoms with Gasteiger partial charge in [0.2, 0.25) is 11.8 Å². The molecule has 5 fully saturated rings. The van der Waals surface area contributed by atoms with Crippen molar-refractivity contribution >= 4 is 40.7 Å². The normalized spacial score (nSPS) is 31.6. The molecule has 1 aromatic carbocycles. The number of thiazole rings is 1. The second kappa shape index (κ2) is 9.27. The molecule has 1 atom stereocenters. The molecule has 9 nitrogen and oxygen atoms in total. The summed E-state index contributed by atoms with van der Waals surface area (Å²) < 4.78 is 6.43. The highest BCUT2D eigenvalue weighted by molar-refractivity contribution is 7.09. The summed E-state index contributed by atoms with van der Waals surface area (Å²) in [6, 6.07) is 4.08. The highest BCUT2D eigenvalue weighted by atomic mass is 32.1. The summed E-state index contributed by atoms with van der Waals surface area (Å²) in [5, 5.41) is 8.39. The van der Waals surface area contributed by atoms with Gasteiger partial charge in [-0.05, 0) is 74.3 Å². The average Bonchev–Trinajstić information content (AvgIpc) is 3.45. The van der Waals surface area contributed by atoms with Crippen LogP contribution >= 0.6 is 11.3 Å². The van der Waals surface area contributed by atoms with Crippen molar-refractivity contribution in [2.75, 3.05) is 5.32 Å². The van der Waals surface area contributed by atoms with E-state index < -0.39 is 29.7 Å². The van der Waals surface area contributed by atoms with Gasteiger partial charge in [-0.25, -0.2) is 4.98 Å². The molecule has 8 rings (SSSR count). The molecular weight excluding hydrogens is 504 g/mol. The first-order valence-electron chi connectivity index (χ1n) is 13.6. The highest BCUT2D eigenvalue weighted by Crippen LogP contribution is 2.54. The van der Waals surface area contributed by atoms with E-state index in [9.17, 15) is 19.2 Å². The number of benzene rings is 1. The van der Waals surface area contributed by atoms with Gasteiger partial charge in [-0.2, -0.15) is 0 Å². The number of piperidine rings is 1. The zero-order valence-corrected chi connectivity index (χ0v) is 21.8. The molecule has 4 amide bonds. The number of fused-ring (bicyclic) bond motifs is 1. The molecule has 0 spiro atoms. The zero-order chi connectivity index (χ0) is 26.0. The Balaban J connectivity index is 0.999. The summed E-state index contributed by atoms with van der Waals surface area (Å²) in [4.78, 5) is 55.9. The van der Waals surface area contributed by atoms with Crippen molar-refractivity contribution in [3.05, 3.63) is 45.4 Å². The van der Waals surface area contributed by atoms with E-state index in [1.165, 1.54) is 32.1 Å². The number of imide groups is 2. The van der Waals surface area contributed by atoms with Crippen LogP contribution in [-0.2, 0) is 27.5 Å². The third-order valence-electron chi connectivity index (χ3n) is 9.06. The van der Waals surface area contributed by atoms with Crippen LogP contribution in [0.4, 0.5) is 5.69 Å². The van der Waals surface area contributed by atoms with Gasteiger partial charge in [-0.3, -0.25) is 29.4 Å². The Labute approximate surface area is 224 Å². The summed E-state index contributed by atoms with van der Waals surface area (Å²) in [6.45, 7) is 0.928. The number of anilines is 1. The van der Waals surface area contributed by atoms with Crippen molar-refractivity contribution in [2.24, 2.45) is 23.7 Å². The molecule has 38 heavy (non-hydrogen) atoms. The van der Waals surface area contributed by atoms with Crippen LogP contribution in [0.5, 0.6) is 0 Å². The number of amides is 4. The average molecular weight is 535 g/mol. The molecule has 10 heteroatoms. The maximum absolute atomic E-state index is 13.3. The van der Waals surface area contributed by atoms with Gasteiger partial charge in [-0.15, -0.1) is 11.3 Å². The van der Waals surface area contributed by atoms with Crippen LogP contribution in [0.3, 0.4) is 0 Å². The fourth-order valence-electron chi connectivity index (χ4n) is 7.66. The van der Waals surface area contributed by atoms with Crippen LogP contribution in [-0.4, -0.2) is 45.7 Å². The van der Waals surface area contributed by atoms with Crippen LogP contribution in [0.15, 0.2) is 23.6 Å². The van der Waals surface area contributed by atoms with E-state index in [0.29, 0.717) is 36.8 Å². The smallest absolute Gasteiger partial charge is 0.264 e. The number of hydrogen-bond donors (Lipinski definition) is 2. The predicted molar refractivity (Wildman–Crippen MR) is 138 cm³/mol. The van der Waals surface area contributed by atoms with Crippen LogP contribution in [0.25, 0.3) is 0 Å². The summed E-state index contributed by atoms with van der Waals surface area (Å²) in [5.74, 6) is 1.23. The van der Waals surface area contributed by atoms with Gasteiger partial charge in [0.15, 0.2) is 0 Å². The quantitative estimate of drug-likeness (QED) is 0.522. The molecule has 6 aliphatic rings. The Morgan fingerprint density at radius 1 is 1.03 bits per heavy atom. The van der Waals surface area contributed by atoms with Crippen LogP contribution < -0.4 is 10.6 Å². The number of nitrogens with one attached hydrogen (secondary N) is 2. The lowest BCUT2D eigenvalue weighted by molar-refractivity contribution is -0.136. The molecule has 2 N–H and O–H groups in total. The summed E-state index contributed by atoms with van der Waals surface area (Å²) >= 11 is 1.54. The zero-order valence-electron chi connectivity index (χ0n) is 21.0. The van der Waals surface area contributed by atoms with Crippen molar-refractivity contribution in [3.8, 4) is 0 Å². The van der Waals surface area contributed by atoms with Gasteiger partial charge < -0.3 is 10.1 Å². The van der Waals surface area contributed by atoms with E-state index in [2.05, 4.69) is 10.6 Å². The molecule has 1 aromatic heterocycles. The Kier molecular flexibility index (Phi) is 5.85. The Bertz CT molecular complexity index is 1310. The molecule has 1 unspecified atom stereocenters. The molecule has 4 aliphatic carbocycles. The lowest BCUT2D eigenvalue weighted by atomic mass is 9.55. The second-order valence-electron chi connectivity index (χ2n) is 11.5. The van der Waals surface area contributed by atoms with E-state index >= 15 is 0 Å². The topological polar surface area (TPSA) is 118 Å². The van der Waals surface area contributed by atoms with Gasteiger partial charge in [0.25, 0.3) is 11.8 Å². The number of nitrogens with zero attached hydrogens (tertiary/aromatic N) is 2. The van der Waals surface area contributed by atoms with Gasteiger partial charge in [0.05, 0.1) is 36.1 Å². The standard InChI is InChI=1S/C28H30N4O5S/c33-22-5-4-21(26(34)31-22)32-27(35)19-2-1-3-20(24(19)28(32)36)29-11-23-30-18(13-38-23)12-37-25-16-7-14-6-15(9-16)10-17(25)8-14/h1-3,13-17,21,25,29H,4-12H2,(H,31,33,34). The predicted octanol–water partition coefficient (Wildman–Crippen LogP) is 3.50. The molecule has 3 heterocycles.